The van der Waals surface area contributed by atoms with Crippen LogP contribution in [0.1, 0.15) is 19.3 Å². The first kappa shape index (κ1) is 29.7. The predicted octanol–water partition coefficient (Wildman–Crippen LogP) is -0.911. The first-order valence-corrected chi connectivity index (χ1v) is 12.7. The summed E-state index contributed by atoms with van der Waals surface area (Å²) in [5.74, 6) is -3.85. The molecule has 2 N–H and O–H groups in total. The number of hydrogen-bond acceptors (Lipinski definition) is 12. The minimum absolute atomic E-state index is 0.0193. The van der Waals surface area contributed by atoms with E-state index in [0.717, 1.165) is 0 Å². The Morgan fingerprint density at radius 2 is 1.02 bits per heavy atom. The molecule has 41 heavy (non-hydrogen) atoms. The zero-order chi connectivity index (χ0) is 29.9. The van der Waals surface area contributed by atoms with Gasteiger partial charge in [-0.05, 0) is 18.6 Å². The van der Waals surface area contributed by atoms with E-state index in [9.17, 15) is 28.8 Å². The standard InChI is InChI=1S/C27H30N2O12/c1-36-22(32)18-14-8-10-26(40-14,20(18)24(34)38-3)12-28-16(30)6-5-7-17(31)29-13-27-11-9-15(41-27)19(23(33)37-2)21(27)25(35)39-4/h8-11,14-15H,5-7,12-13H2,1-4H3,(H,28,30)(H,29,31). The van der Waals surface area contributed by atoms with E-state index in [4.69, 9.17) is 28.4 Å². The molecule has 0 aliphatic carbocycles. The van der Waals surface area contributed by atoms with Crippen LogP contribution in [0.3, 0.4) is 0 Å². The monoisotopic (exact) mass is 574 g/mol. The highest BCUT2D eigenvalue weighted by Gasteiger charge is 2.55. The third-order valence-corrected chi connectivity index (χ3v) is 7.20. The van der Waals surface area contributed by atoms with Gasteiger partial charge in [-0.15, -0.1) is 0 Å². The molecule has 0 aromatic carbocycles. The van der Waals surface area contributed by atoms with E-state index >= 15 is 0 Å². The lowest BCUT2D eigenvalue weighted by Gasteiger charge is -2.26. The van der Waals surface area contributed by atoms with Crippen molar-refractivity contribution in [3.63, 3.8) is 0 Å². The molecule has 4 atom stereocenters. The Hall–Kier alpha value is -4.30. The molecule has 0 fully saturated rings. The molecule has 4 heterocycles. The summed E-state index contributed by atoms with van der Waals surface area (Å²) >= 11 is 0. The summed E-state index contributed by atoms with van der Waals surface area (Å²) in [6, 6.07) is 0. The number of esters is 4. The van der Waals surface area contributed by atoms with Crippen molar-refractivity contribution in [1.82, 2.24) is 10.6 Å². The average molecular weight is 575 g/mol. The molecular formula is C27H30N2O12. The minimum Gasteiger partial charge on any atom is -0.466 e. The van der Waals surface area contributed by atoms with Gasteiger partial charge in [-0.2, -0.15) is 0 Å². The van der Waals surface area contributed by atoms with Crippen molar-refractivity contribution in [1.29, 1.82) is 0 Å². The molecule has 4 aliphatic rings. The Morgan fingerprint density at radius 1 is 0.659 bits per heavy atom. The molecule has 14 nitrogen and oxygen atoms in total. The molecule has 4 aliphatic heterocycles. The van der Waals surface area contributed by atoms with Crippen molar-refractivity contribution < 1.29 is 57.2 Å². The second-order valence-corrected chi connectivity index (χ2v) is 9.52. The first-order chi connectivity index (χ1) is 19.6. The van der Waals surface area contributed by atoms with Crippen LogP contribution in [-0.2, 0) is 57.2 Å². The summed E-state index contributed by atoms with van der Waals surface area (Å²) in [6.45, 7) is -0.289. The van der Waals surface area contributed by atoms with Gasteiger partial charge in [0.05, 0.1) is 63.8 Å². The smallest absolute Gasteiger partial charge is 0.337 e. The fraction of sp³-hybridized carbons (Fsp3) is 0.481. The van der Waals surface area contributed by atoms with Gasteiger partial charge in [0.1, 0.15) is 23.4 Å². The van der Waals surface area contributed by atoms with Gasteiger partial charge >= 0.3 is 23.9 Å². The number of carbonyl (C=O) groups is 6. The highest BCUT2D eigenvalue weighted by atomic mass is 16.6. The Bertz CT molecular complexity index is 1210. The normalized spacial score (nSPS) is 26.7. The van der Waals surface area contributed by atoms with Crippen LogP contribution < -0.4 is 10.6 Å². The molecule has 220 valence electrons. The summed E-state index contributed by atoms with van der Waals surface area (Å²) in [5, 5.41) is 5.35. The molecule has 4 rings (SSSR count). The van der Waals surface area contributed by atoms with Gasteiger partial charge in [-0.1, -0.05) is 12.2 Å². The summed E-state index contributed by atoms with van der Waals surface area (Å²) < 4.78 is 30.9. The molecule has 0 radical (unpaired) electrons. The third-order valence-electron chi connectivity index (χ3n) is 7.20. The lowest BCUT2D eigenvalue weighted by Crippen LogP contribution is -2.45. The number of amides is 2. The van der Waals surface area contributed by atoms with Crippen molar-refractivity contribution in [3.05, 3.63) is 46.6 Å². The van der Waals surface area contributed by atoms with Gasteiger partial charge in [0.15, 0.2) is 0 Å². The lowest BCUT2D eigenvalue weighted by molar-refractivity contribution is -0.139. The Morgan fingerprint density at radius 3 is 1.37 bits per heavy atom. The fourth-order valence-corrected chi connectivity index (χ4v) is 5.28. The second-order valence-electron chi connectivity index (χ2n) is 9.52. The molecule has 0 saturated heterocycles. The van der Waals surface area contributed by atoms with E-state index < -0.39 is 59.1 Å². The largest absolute Gasteiger partial charge is 0.466 e. The molecule has 4 unspecified atom stereocenters. The maximum Gasteiger partial charge on any atom is 0.337 e. The van der Waals surface area contributed by atoms with E-state index in [1.807, 2.05) is 0 Å². The van der Waals surface area contributed by atoms with E-state index in [1.165, 1.54) is 28.4 Å². The molecule has 0 saturated carbocycles. The van der Waals surface area contributed by atoms with Crippen LogP contribution in [-0.4, -0.2) is 101 Å². The summed E-state index contributed by atoms with van der Waals surface area (Å²) in [7, 11) is 4.70. The summed E-state index contributed by atoms with van der Waals surface area (Å²) in [4.78, 5) is 74.5. The van der Waals surface area contributed by atoms with Crippen LogP contribution in [0.15, 0.2) is 46.6 Å². The molecule has 14 heteroatoms. The highest BCUT2D eigenvalue weighted by Crippen LogP contribution is 2.45. The van der Waals surface area contributed by atoms with Crippen molar-refractivity contribution >= 4 is 35.7 Å². The van der Waals surface area contributed by atoms with Crippen molar-refractivity contribution in [3.8, 4) is 0 Å². The van der Waals surface area contributed by atoms with Crippen LogP contribution in [0, 0.1) is 0 Å². The van der Waals surface area contributed by atoms with Gasteiger partial charge in [-0.3, -0.25) is 9.59 Å². The topological polar surface area (TPSA) is 182 Å². The highest BCUT2D eigenvalue weighted by molar-refractivity contribution is 6.06. The molecule has 0 aromatic rings. The van der Waals surface area contributed by atoms with Crippen molar-refractivity contribution in [2.24, 2.45) is 0 Å². The van der Waals surface area contributed by atoms with Crippen LogP contribution in [0.4, 0.5) is 0 Å². The Kier molecular flexibility index (Phi) is 8.44. The molecule has 0 spiro atoms. The zero-order valence-electron chi connectivity index (χ0n) is 22.9. The maximum absolute atomic E-state index is 12.5. The quantitative estimate of drug-likeness (QED) is 0.167. The average Bonchev–Trinajstić information content (AvgIpc) is 3.75. The first-order valence-electron chi connectivity index (χ1n) is 12.7. The lowest BCUT2D eigenvalue weighted by atomic mass is 9.86. The number of methoxy groups -OCH3 is 4. The predicted molar refractivity (Wildman–Crippen MR) is 135 cm³/mol. The number of fused-ring (bicyclic) bond motifs is 4. The summed E-state index contributed by atoms with van der Waals surface area (Å²) in [6.07, 6.45) is 4.88. The fourth-order valence-electron chi connectivity index (χ4n) is 5.28. The van der Waals surface area contributed by atoms with Gasteiger partial charge in [0.2, 0.25) is 11.8 Å². The van der Waals surface area contributed by atoms with Crippen LogP contribution >= 0.6 is 0 Å². The number of carbonyl (C=O) groups excluding carboxylic acids is 6. The van der Waals surface area contributed by atoms with Crippen molar-refractivity contribution in [2.45, 2.75) is 42.7 Å². The number of nitrogens with one attached hydrogen (secondary N) is 2. The second kappa shape index (κ2) is 11.7. The molecule has 0 aromatic heterocycles. The molecule has 4 bridgehead atoms. The number of hydrogen-bond donors (Lipinski definition) is 2. The third kappa shape index (κ3) is 5.27. The van der Waals surface area contributed by atoms with Gasteiger partial charge in [-0.25, -0.2) is 19.2 Å². The van der Waals surface area contributed by atoms with Crippen LogP contribution in [0.25, 0.3) is 0 Å². The Balaban J connectivity index is 1.29. The van der Waals surface area contributed by atoms with E-state index in [1.54, 1.807) is 24.3 Å². The van der Waals surface area contributed by atoms with Gasteiger partial charge in [0, 0.05) is 12.8 Å². The number of rotatable bonds is 12. The minimum atomic E-state index is -1.38. The Labute approximate surface area is 234 Å². The van der Waals surface area contributed by atoms with Crippen LogP contribution in [0.2, 0.25) is 0 Å². The molecule has 2 amide bonds. The van der Waals surface area contributed by atoms with Crippen LogP contribution in [0.5, 0.6) is 0 Å². The molecular weight excluding hydrogens is 544 g/mol. The van der Waals surface area contributed by atoms with E-state index in [2.05, 4.69) is 10.6 Å². The van der Waals surface area contributed by atoms with E-state index in [0.29, 0.717) is 0 Å². The summed E-state index contributed by atoms with van der Waals surface area (Å²) in [5.41, 5.74) is -2.79. The maximum atomic E-state index is 12.5. The SMILES string of the molecule is COC(=O)C1=C(C(=O)OC)C2(CNC(=O)CCCC(=O)NCC34C=CC(O3)C(C(=O)OC)=C4C(=O)OC)C=CC1O2. The zero-order valence-corrected chi connectivity index (χ0v) is 22.9. The van der Waals surface area contributed by atoms with Gasteiger partial charge < -0.3 is 39.1 Å². The van der Waals surface area contributed by atoms with Gasteiger partial charge in [0.25, 0.3) is 0 Å². The van der Waals surface area contributed by atoms with Crippen molar-refractivity contribution in [2.75, 3.05) is 41.5 Å². The number of ether oxygens (including phenoxy) is 6. The van der Waals surface area contributed by atoms with E-state index in [-0.39, 0.29) is 54.6 Å².